The van der Waals surface area contributed by atoms with Crippen LogP contribution in [0, 0.1) is 13.8 Å². The van der Waals surface area contributed by atoms with Gasteiger partial charge in [-0.05, 0) is 39.7 Å². The highest BCUT2D eigenvalue weighted by Gasteiger charge is 2.21. The van der Waals surface area contributed by atoms with Crippen molar-refractivity contribution < 1.29 is 14.3 Å². The molecule has 2 N–H and O–H groups in total. The van der Waals surface area contributed by atoms with E-state index < -0.39 is 0 Å². The molecule has 0 saturated heterocycles. The van der Waals surface area contributed by atoms with Gasteiger partial charge in [-0.3, -0.25) is 4.79 Å². The molecule has 0 spiro atoms. The zero-order chi connectivity index (χ0) is 16.0. The molecule has 1 aromatic rings. The number of rotatable bonds is 7. The Bertz CT molecular complexity index is 511. The number of anilines is 1. The predicted molar refractivity (Wildman–Crippen MR) is 86.1 cm³/mol. The maximum atomic E-state index is 12.0. The Labute approximate surface area is 130 Å². The summed E-state index contributed by atoms with van der Waals surface area (Å²) in [5, 5.41) is 6.50. The molecule has 0 bridgehead atoms. The van der Waals surface area contributed by atoms with Crippen LogP contribution in [0.15, 0.2) is 0 Å². The van der Waals surface area contributed by atoms with Gasteiger partial charge in [-0.2, -0.15) is 0 Å². The van der Waals surface area contributed by atoms with Gasteiger partial charge in [0.05, 0.1) is 18.7 Å². The van der Waals surface area contributed by atoms with Gasteiger partial charge in [0.15, 0.2) is 0 Å². The van der Waals surface area contributed by atoms with Crippen molar-refractivity contribution in [2.24, 2.45) is 0 Å². The van der Waals surface area contributed by atoms with E-state index in [2.05, 4.69) is 17.6 Å². The summed E-state index contributed by atoms with van der Waals surface area (Å²) in [6.45, 7) is 10.2. The Hall–Kier alpha value is -1.40. The molecule has 6 heteroatoms. The molecule has 0 saturated carbocycles. The van der Waals surface area contributed by atoms with E-state index in [4.69, 9.17) is 4.74 Å². The fourth-order valence-electron chi connectivity index (χ4n) is 1.75. The number of esters is 1. The van der Waals surface area contributed by atoms with Crippen LogP contribution in [0.2, 0.25) is 0 Å². The number of ether oxygens (including phenoxy) is 1. The first-order valence-electron chi connectivity index (χ1n) is 7.20. The number of carbonyl (C=O) groups excluding carboxylic acids is 2. The maximum Gasteiger partial charge on any atom is 0.341 e. The normalized spacial score (nSPS) is 12.0. The molecule has 21 heavy (non-hydrogen) atoms. The van der Waals surface area contributed by atoms with Crippen LogP contribution in [0.1, 0.15) is 48.0 Å². The van der Waals surface area contributed by atoms with Crippen LogP contribution in [-0.4, -0.2) is 31.1 Å². The second-order valence-electron chi connectivity index (χ2n) is 4.95. The molecule has 0 aliphatic rings. The van der Waals surface area contributed by atoms with Crippen molar-refractivity contribution >= 4 is 28.2 Å². The lowest BCUT2D eigenvalue weighted by atomic mass is 10.1. The molecule has 0 fully saturated rings. The van der Waals surface area contributed by atoms with E-state index in [9.17, 15) is 9.59 Å². The zero-order valence-corrected chi connectivity index (χ0v) is 14.1. The Morgan fingerprint density at radius 2 is 1.95 bits per heavy atom. The van der Waals surface area contributed by atoms with E-state index in [1.165, 1.54) is 11.3 Å². The first-order valence-corrected chi connectivity index (χ1v) is 8.02. The smallest absolute Gasteiger partial charge is 0.341 e. The van der Waals surface area contributed by atoms with Crippen LogP contribution in [0.4, 0.5) is 5.00 Å². The quantitative estimate of drug-likeness (QED) is 0.760. The SMILES string of the molecule is CCOC(=O)c1c(NC(=O)CN[C@H](C)CC)sc(C)c1C. The van der Waals surface area contributed by atoms with Crippen molar-refractivity contribution in [3.63, 3.8) is 0 Å². The van der Waals surface area contributed by atoms with Gasteiger partial charge in [-0.25, -0.2) is 4.79 Å². The second-order valence-corrected chi connectivity index (χ2v) is 6.17. The average Bonchev–Trinajstić information content (AvgIpc) is 2.71. The highest BCUT2D eigenvalue weighted by molar-refractivity contribution is 7.16. The topological polar surface area (TPSA) is 67.4 Å². The molecule has 118 valence electrons. The number of carbonyl (C=O) groups is 2. The van der Waals surface area contributed by atoms with E-state index in [-0.39, 0.29) is 24.5 Å². The predicted octanol–water partition coefficient (Wildman–Crippen LogP) is 2.87. The minimum atomic E-state index is -0.385. The van der Waals surface area contributed by atoms with Crippen LogP contribution in [0.25, 0.3) is 0 Å². The summed E-state index contributed by atoms with van der Waals surface area (Å²) in [6.07, 6.45) is 0.957. The van der Waals surface area contributed by atoms with E-state index in [0.717, 1.165) is 16.9 Å². The van der Waals surface area contributed by atoms with Crippen LogP contribution in [0.5, 0.6) is 0 Å². The number of amides is 1. The molecule has 0 unspecified atom stereocenters. The second kappa shape index (κ2) is 8.14. The monoisotopic (exact) mass is 312 g/mol. The summed E-state index contributed by atoms with van der Waals surface area (Å²) in [5.41, 5.74) is 1.33. The van der Waals surface area contributed by atoms with Crippen molar-refractivity contribution in [3.05, 3.63) is 16.0 Å². The van der Waals surface area contributed by atoms with Gasteiger partial charge in [0, 0.05) is 10.9 Å². The first kappa shape index (κ1) is 17.7. The Morgan fingerprint density at radius 3 is 2.52 bits per heavy atom. The van der Waals surface area contributed by atoms with E-state index >= 15 is 0 Å². The fourth-order valence-corrected chi connectivity index (χ4v) is 2.81. The molecule has 1 aromatic heterocycles. The lowest BCUT2D eigenvalue weighted by molar-refractivity contribution is -0.115. The van der Waals surface area contributed by atoms with Gasteiger partial charge in [0.2, 0.25) is 5.91 Å². The summed E-state index contributed by atoms with van der Waals surface area (Å²) in [5.74, 6) is -0.536. The number of thiophene rings is 1. The largest absolute Gasteiger partial charge is 0.462 e. The lowest BCUT2D eigenvalue weighted by Gasteiger charge is -2.11. The fraction of sp³-hybridized carbons (Fsp3) is 0.600. The van der Waals surface area contributed by atoms with Crippen LogP contribution in [-0.2, 0) is 9.53 Å². The van der Waals surface area contributed by atoms with Crippen LogP contribution < -0.4 is 10.6 Å². The number of nitrogens with one attached hydrogen (secondary N) is 2. The van der Waals surface area contributed by atoms with E-state index in [1.807, 2.05) is 20.8 Å². The molecule has 1 amide bonds. The molecule has 0 radical (unpaired) electrons. The van der Waals surface area contributed by atoms with Crippen molar-refractivity contribution in [2.75, 3.05) is 18.5 Å². The van der Waals surface area contributed by atoms with E-state index in [0.29, 0.717) is 17.2 Å². The van der Waals surface area contributed by atoms with Gasteiger partial charge in [0.1, 0.15) is 5.00 Å². The molecule has 1 heterocycles. The molecule has 1 atom stereocenters. The molecular formula is C15H24N2O3S. The van der Waals surface area contributed by atoms with Gasteiger partial charge in [-0.15, -0.1) is 11.3 Å². The molecule has 0 aliphatic heterocycles. The third-order valence-electron chi connectivity index (χ3n) is 3.34. The van der Waals surface area contributed by atoms with Crippen molar-refractivity contribution in [1.29, 1.82) is 0 Å². The number of hydrogen-bond acceptors (Lipinski definition) is 5. The van der Waals surface area contributed by atoms with Crippen molar-refractivity contribution in [1.82, 2.24) is 5.32 Å². The Morgan fingerprint density at radius 1 is 1.29 bits per heavy atom. The summed E-state index contributed by atoms with van der Waals surface area (Å²) < 4.78 is 5.06. The zero-order valence-electron chi connectivity index (χ0n) is 13.3. The third-order valence-corrected chi connectivity index (χ3v) is 4.46. The summed E-state index contributed by atoms with van der Waals surface area (Å²) in [4.78, 5) is 25.0. The number of aryl methyl sites for hydroxylation is 1. The number of hydrogen-bond donors (Lipinski definition) is 2. The van der Waals surface area contributed by atoms with Crippen LogP contribution in [0.3, 0.4) is 0 Å². The van der Waals surface area contributed by atoms with Crippen molar-refractivity contribution in [3.8, 4) is 0 Å². The minimum absolute atomic E-state index is 0.151. The first-order chi connectivity index (χ1) is 9.90. The Balaban J connectivity index is 2.81. The minimum Gasteiger partial charge on any atom is -0.462 e. The highest BCUT2D eigenvalue weighted by Crippen LogP contribution is 2.32. The van der Waals surface area contributed by atoms with Gasteiger partial charge >= 0.3 is 5.97 Å². The highest BCUT2D eigenvalue weighted by atomic mass is 32.1. The molecule has 0 aromatic carbocycles. The summed E-state index contributed by atoms with van der Waals surface area (Å²) in [7, 11) is 0. The lowest BCUT2D eigenvalue weighted by Crippen LogP contribution is -2.34. The van der Waals surface area contributed by atoms with E-state index in [1.54, 1.807) is 6.92 Å². The molecule has 1 rings (SSSR count). The van der Waals surface area contributed by atoms with Gasteiger partial charge in [0.25, 0.3) is 0 Å². The van der Waals surface area contributed by atoms with Gasteiger partial charge in [-0.1, -0.05) is 6.92 Å². The summed E-state index contributed by atoms with van der Waals surface area (Å²) >= 11 is 1.40. The Kier molecular flexibility index (Phi) is 6.84. The van der Waals surface area contributed by atoms with Gasteiger partial charge < -0.3 is 15.4 Å². The van der Waals surface area contributed by atoms with Crippen LogP contribution >= 0.6 is 11.3 Å². The summed E-state index contributed by atoms with van der Waals surface area (Å²) in [6, 6.07) is 0.284. The molecular weight excluding hydrogens is 288 g/mol. The molecule has 5 nitrogen and oxygen atoms in total. The average molecular weight is 312 g/mol. The standard InChI is InChI=1S/C15H24N2O3S/c1-6-9(3)16-8-12(18)17-14-13(15(19)20-7-2)10(4)11(5)21-14/h9,16H,6-8H2,1-5H3,(H,17,18)/t9-/m1/s1. The molecule has 0 aliphatic carbocycles. The maximum absolute atomic E-state index is 12.0. The third kappa shape index (κ3) is 4.82. The van der Waals surface area contributed by atoms with Crippen molar-refractivity contribution in [2.45, 2.75) is 47.1 Å².